The molecule has 1 fully saturated rings. The summed E-state index contributed by atoms with van der Waals surface area (Å²) in [5, 5.41) is 0. The van der Waals surface area contributed by atoms with Crippen LogP contribution in [0.1, 0.15) is 37.8 Å². The van der Waals surface area contributed by atoms with Gasteiger partial charge in [-0.3, -0.25) is 9.78 Å². The van der Waals surface area contributed by atoms with Crippen molar-refractivity contribution >= 4 is 5.97 Å². The van der Waals surface area contributed by atoms with E-state index in [-0.39, 0.29) is 11.9 Å². The molecule has 1 saturated carbocycles. The van der Waals surface area contributed by atoms with E-state index in [2.05, 4.69) is 4.98 Å². The van der Waals surface area contributed by atoms with Crippen LogP contribution in [-0.2, 0) is 4.79 Å². The van der Waals surface area contributed by atoms with Gasteiger partial charge in [-0.05, 0) is 31.9 Å². The van der Waals surface area contributed by atoms with Crippen LogP contribution in [0.25, 0.3) is 0 Å². The molecule has 0 radical (unpaired) electrons. The van der Waals surface area contributed by atoms with E-state index in [1.807, 2.05) is 13.0 Å². The maximum Gasteiger partial charge on any atom is 0.314 e. The first-order chi connectivity index (χ1) is 7.75. The zero-order valence-corrected chi connectivity index (χ0v) is 9.61. The fourth-order valence-electron chi connectivity index (χ4n) is 2.05. The lowest BCUT2D eigenvalue weighted by atomic mass is 9.89. The Balaban J connectivity index is 1.93. The first kappa shape index (κ1) is 11.1. The third-order valence-electron chi connectivity index (χ3n) is 3.04. The molecule has 86 valence electrons. The van der Waals surface area contributed by atoms with Crippen LogP contribution in [0.4, 0.5) is 0 Å². The van der Waals surface area contributed by atoms with Crippen molar-refractivity contribution in [2.24, 2.45) is 5.92 Å². The zero-order valence-electron chi connectivity index (χ0n) is 9.61. The monoisotopic (exact) mass is 219 g/mol. The summed E-state index contributed by atoms with van der Waals surface area (Å²) >= 11 is 0. The van der Waals surface area contributed by atoms with Gasteiger partial charge in [0.1, 0.15) is 5.75 Å². The number of aryl methyl sites for hydroxylation is 1. The Hall–Kier alpha value is -1.38. The molecule has 0 atom stereocenters. The first-order valence-corrected chi connectivity index (χ1v) is 5.90. The van der Waals surface area contributed by atoms with Gasteiger partial charge in [-0.25, -0.2) is 0 Å². The minimum Gasteiger partial charge on any atom is -0.425 e. The molecule has 1 aliphatic rings. The Morgan fingerprint density at radius 3 is 2.69 bits per heavy atom. The van der Waals surface area contributed by atoms with E-state index in [4.69, 9.17) is 4.74 Å². The van der Waals surface area contributed by atoms with Crippen molar-refractivity contribution in [2.75, 3.05) is 0 Å². The standard InChI is InChI=1S/C13H17NO2/c1-10-7-8-12(9-14-10)16-13(15)11-5-3-2-4-6-11/h7-9,11H,2-6H2,1H3. The Kier molecular flexibility index (Phi) is 3.54. The second-order valence-corrected chi connectivity index (χ2v) is 4.39. The first-order valence-electron chi connectivity index (χ1n) is 5.90. The molecule has 1 heterocycles. The van der Waals surface area contributed by atoms with E-state index in [0.717, 1.165) is 31.4 Å². The lowest BCUT2D eigenvalue weighted by Gasteiger charge is -2.19. The van der Waals surface area contributed by atoms with Crippen LogP contribution < -0.4 is 4.74 Å². The molecule has 16 heavy (non-hydrogen) atoms. The average Bonchev–Trinajstić information content (AvgIpc) is 2.33. The number of rotatable bonds is 2. The average molecular weight is 219 g/mol. The summed E-state index contributed by atoms with van der Waals surface area (Å²) in [5.41, 5.74) is 0.928. The molecule has 0 N–H and O–H groups in total. The fraction of sp³-hybridized carbons (Fsp3) is 0.538. The number of ether oxygens (including phenoxy) is 1. The number of carbonyl (C=O) groups excluding carboxylic acids is 1. The summed E-state index contributed by atoms with van der Waals surface area (Å²) in [6.45, 7) is 1.91. The minimum atomic E-state index is -0.0923. The highest BCUT2D eigenvalue weighted by Gasteiger charge is 2.22. The number of carbonyl (C=O) groups is 1. The Labute approximate surface area is 95.8 Å². The molecule has 0 spiro atoms. The number of pyridine rings is 1. The normalized spacial score (nSPS) is 17.1. The fourth-order valence-corrected chi connectivity index (χ4v) is 2.05. The van der Waals surface area contributed by atoms with Crippen LogP contribution >= 0.6 is 0 Å². The van der Waals surface area contributed by atoms with E-state index in [9.17, 15) is 4.79 Å². The van der Waals surface area contributed by atoms with E-state index < -0.39 is 0 Å². The van der Waals surface area contributed by atoms with E-state index >= 15 is 0 Å². The molecule has 1 aliphatic carbocycles. The summed E-state index contributed by atoms with van der Waals surface area (Å²) in [5.74, 6) is 0.557. The summed E-state index contributed by atoms with van der Waals surface area (Å²) in [4.78, 5) is 15.9. The van der Waals surface area contributed by atoms with Crippen LogP contribution in [0.15, 0.2) is 18.3 Å². The molecule has 0 saturated heterocycles. The third-order valence-corrected chi connectivity index (χ3v) is 3.04. The SMILES string of the molecule is Cc1ccc(OC(=O)C2CCCCC2)cn1. The van der Waals surface area contributed by atoms with E-state index in [1.165, 1.54) is 6.42 Å². The molecule has 2 rings (SSSR count). The van der Waals surface area contributed by atoms with Gasteiger partial charge in [-0.15, -0.1) is 0 Å². The van der Waals surface area contributed by atoms with Crippen molar-refractivity contribution in [1.82, 2.24) is 4.98 Å². The van der Waals surface area contributed by atoms with Crippen molar-refractivity contribution in [2.45, 2.75) is 39.0 Å². The predicted octanol–water partition coefficient (Wildman–Crippen LogP) is 2.88. The molecule has 0 amide bonds. The number of nitrogens with zero attached hydrogens (tertiary/aromatic N) is 1. The van der Waals surface area contributed by atoms with Gasteiger partial charge in [-0.1, -0.05) is 19.3 Å². The van der Waals surface area contributed by atoms with Crippen LogP contribution in [0.2, 0.25) is 0 Å². The van der Waals surface area contributed by atoms with Crippen LogP contribution in [0.5, 0.6) is 5.75 Å². The third kappa shape index (κ3) is 2.81. The van der Waals surface area contributed by atoms with Crippen LogP contribution in [0.3, 0.4) is 0 Å². The highest BCUT2D eigenvalue weighted by molar-refractivity contribution is 5.75. The lowest BCUT2D eigenvalue weighted by molar-refractivity contribution is -0.140. The molecule has 0 unspecified atom stereocenters. The van der Waals surface area contributed by atoms with E-state index in [0.29, 0.717) is 5.75 Å². The topological polar surface area (TPSA) is 39.2 Å². The summed E-state index contributed by atoms with van der Waals surface area (Å²) in [7, 11) is 0. The van der Waals surface area contributed by atoms with Gasteiger partial charge in [0, 0.05) is 5.69 Å². The van der Waals surface area contributed by atoms with Gasteiger partial charge < -0.3 is 4.74 Å². The molecule has 0 aromatic carbocycles. The van der Waals surface area contributed by atoms with Gasteiger partial charge in [0.05, 0.1) is 12.1 Å². The van der Waals surface area contributed by atoms with Crippen molar-refractivity contribution in [1.29, 1.82) is 0 Å². The zero-order chi connectivity index (χ0) is 11.4. The second kappa shape index (κ2) is 5.10. The maximum absolute atomic E-state index is 11.8. The molecule has 3 nitrogen and oxygen atoms in total. The Morgan fingerprint density at radius 2 is 2.06 bits per heavy atom. The van der Waals surface area contributed by atoms with Crippen molar-refractivity contribution < 1.29 is 9.53 Å². The highest BCUT2D eigenvalue weighted by Crippen LogP contribution is 2.25. The molecule has 0 aliphatic heterocycles. The van der Waals surface area contributed by atoms with Crippen molar-refractivity contribution in [3.63, 3.8) is 0 Å². The molecule has 0 bridgehead atoms. The number of hydrogen-bond acceptors (Lipinski definition) is 3. The summed E-state index contributed by atoms with van der Waals surface area (Å²) in [6, 6.07) is 3.65. The predicted molar refractivity (Wildman–Crippen MR) is 61.2 cm³/mol. The van der Waals surface area contributed by atoms with Crippen LogP contribution in [-0.4, -0.2) is 11.0 Å². The minimum absolute atomic E-state index is 0.0923. The van der Waals surface area contributed by atoms with Gasteiger partial charge >= 0.3 is 5.97 Å². The quantitative estimate of drug-likeness (QED) is 0.718. The molecule has 1 aromatic rings. The molecule has 3 heteroatoms. The van der Waals surface area contributed by atoms with E-state index in [1.54, 1.807) is 12.3 Å². The maximum atomic E-state index is 11.8. The largest absolute Gasteiger partial charge is 0.425 e. The summed E-state index contributed by atoms with van der Waals surface area (Å²) < 4.78 is 5.31. The number of hydrogen-bond donors (Lipinski definition) is 0. The van der Waals surface area contributed by atoms with Crippen molar-refractivity contribution in [3.05, 3.63) is 24.0 Å². The number of aromatic nitrogens is 1. The van der Waals surface area contributed by atoms with Gasteiger partial charge in [0.25, 0.3) is 0 Å². The smallest absolute Gasteiger partial charge is 0.314 e. The highest BCUT2D eigenvalue weighted by atomic mass is 16.5. The lowest BCUT2D eigenvalue weighted by Crippen LogP contribution is -2.22. The van der Waals surface area contributed by atoms with Crippen LogP contribution in [0, 0.1) is 12.8 Å². The number of esters is 1. The van der Waals surface area contributed by atoms with Gasteiger partial charge in [-0.2, -0.15) is 0 Å². The van der Waals surface area contributed by atoms with Crippen molar-refractivity contribution in [3.8, 4) is 5.75 Å². The summed E-state index contributed by atoms with van der Waals surface area (Å²) in [6.07, 6.45) is 7.08. The Bertz CT molecular complexity index is 353. The van der Waals surface area contributed by atoms with Gasteiger partial charge in [0.15, 0.2) is 0 Å². The Morgan fingerprint density at radius 1 is 1.31 bits per heavy atom. The van der Waals surface area contributed by atoms with Gasteiger partial charge in [0.2, 0.25) is 0 Å². The molecular formula is C13H17NO2. The second-order valence-electron chi connectivity index (χ2n) is 4.39. The molecular weight excluding hydrogens is 202 g/mol. The molecule has 1 aromatic heterocycles.